The molecule has 166 valence electrons. The molecule has 0 aromatic heterocycles. The van der Waals surface area contributed by atoms with Crippen molar-refractivity contribution in [2.45, 2.75) is 90.3 Å². The lowest BCUT2D eigenvalue weighted by atomic mass is 9.51. The van der Waals surface area contributed by atoms with E-state index in [0.29, 0.717) is 0 Å². The van der Waals surface area contributed by atoms with Crippen LogP contribution in [0.2, 0.25) is 0 Å². The SMILES string of the molecule is C=C/C(B1OC(C)(C)C(C)(C)O1)=C(\CC)c1ccc(C2C3CC4CC(C3)CC2C4)cc1. The number of hydrogen-bond donors (Lipinski definition) is 0. The average molecular weight is 418 g/mol. The van der Waals surface area contributed by atoms with Crippen LogP contribution in [-0.2, 0) is 9.31 Å². The molecule has 1 heterocycles. The molecule has 3 heteroatoms. The molecule has 4 saturated carbocycles. The molecule has 4 aliphatic carbocycles. The van der Waals surface area contributed by atoms with Crippen LogP contribution in [0.3, 0.4) is 0 Å². The van der Waals surface area contributed by atoms with Crippen molar-refractivity contribution in [2.24, 2.45) is 23.7 Å². The molecule has 0 atom stereocenters. The van der Waals surface area contributed by atoms with Gasteiger partial charge in [-0.05, 0) is 118 Å². The second-order valence-electron chi connectivity index (χ2n) is 11.7. The van der Waals surface area contributed by atoms with Crippen molar-refractivity contribution < 1.29 is 9.31 Å². The standard InChI is InChI=1S/C28H39BO2/c1-7-24(25(8-2)29-30-27(3,4)28(5,6)31-29)20-9-11-21(12-10-20)26-22-14-18-13-19(16-22)17-23(26)15-18/h8-12,18-19,22-23,26H,2,7,13-17H2,1,3-6H3/b25-24-. The van der Waals surface area contributed by atoms with Gasteiger partial charge in [0.25, 0.3) is 0 Å². The Balaban J connectivity index is 1.42. The highest BCUT2D eigenvalue weighted by Crippen LogP contribution is 2.59. The number of allylic oxidation sites excluding steroid dienone is 3. The summed E-state index contributed by atoms with van der Waals surface area (Å²) < 4.78 is 12.7. The molecule has 1 saturated heterocycles. The summed E-state index contributed by atoms with van der Waals surface area (Å²) in [6.07, 6.45) is 10.3. The van der Waals surface area contributed by atoms with Gasteiger partial charge >= 0.3 is 7.12 Å². The molecule has 5 aliphatic rings. The molecule has 4 bridgehead atoms. The zero-order chi connectivity index (χ0) is 22.0. The van der Waals surface area contributed by atoms with Crippen molar-refractivity contribution in [2.75, 3.05) is 0 Å². The monoisotopic (exact) mass is 418 g/mol. The van der Waals surface area contributed by atoms with Crippen LogP contribution in [-0.4, -0.2) is 18.3 Å². The fraction of sp³-hybridized carbons (Fsp3) is 0.643. The molecule has 2 nitrogen and oxygen atoms in total. The van der Waals surface area contributed by atoms with Crippen LogP contribution >= 0.6 is 0 Å². The highest BCUT2D eigenvalue weighted by atomic mass is 16.7. The van der Waals surface area contributed by atoms with Crippen LogP contribution in [0.25, 0.3) is 5.57 Å². The maximum atomic E-state index is 6.35. The Labute approximate surface area is 189 Å². The van der Waals surface area contributed by atoms with Gasteiger partial charge in [-0.3, -0.25) is 0 Å². The number of hydrogen-bond acceptors (Lipinski definition) is 2. The topological polar surface area (TPSA) is 18.5 Å². The normalized spacial score (nSPS) is 35.9. The summed E-state index contributed by atoms with van der Waals surface area (Å²) in [6.45, 7) is 14.8. The summed E-state index contributed by atoms with van der Waals surface area (Å²) in [5, 5.41) is 0. The zero-order valence-corrected chi connectivity index (χ0v) is 20.1. The third kappa shape index (κ3) is 3.57. The van der Waals surface area contributed by atoms with Gasteiger partial charge in [-0.15, -0.1) is 0 Å². The molecule has 1 aromatic rings. The molecule has 0 amide bonds. The Morgan fingerprint density at radius 2 is 1.45 bits per heavy atom. The average Bonchev–Trinajstić information content (AvgIpc) is 2.92. The molecule has 0 radical (unpaired) electrons. The molecule has 5 fully saturated rings. The molecular weight excluding hydrogens is 379 g/mol. The Morgan fingerprint density at radius 1 is 0.935 bits per heavy atom. The maximum Gasteiger partial charge on any atom is 0.495 e. The van der Waals surface area contributed by atoms with Crippen molar-refractivity contribution in [1.82, 2.24) is 0 Å². The lowest BCUT2D eigenvalue weighted by Crippen LogP contribution is -2.43. The molecule has 1 aromatic carbocycles. The first kappa shape index (κ1) is 21.5. The van der Waals surface area contributed by atoms with E-state index < -0.39 is 0 Å². The van der Waals surface area contributed by atoms with Crippen LogP contribution in [0.15, 0.2) is 42.4 Å². The molecule has 6 rings (SSSR count). The van der Waals surface area contributed by atoms with Gasteiger partial charge in [0.1, 0.15) is 0 Å². The summed E-state index contributed by atoms with van der Waals surface area (Å²) in [4.78, 5) is 0. The molecule has 1 aliphatic heterocycles. The summed E-state index contributed by atoms with van der Waals surface area (Å²) >= 11 is 0. The molecule has 31 heavy (non-hydrogen) atoms. The summed E-state index contributed by atoms with van der Waals surface area (Å²) in [5.74, 6) is 4.71. The summed E-state index contributed by atoms with van der Waals surface area (Å²) in [6, 6.07) is 9.52. The second kappa shape index (κ2) is 7.63. The second-order valence-corrected chi connectivity index (χ2v) is 11.7. The molecule has 0 unspecified atom stereocenters. The van der Waals surface area contributed by atoms with Gasteiger partial charge in [0.05, 0.1) is 11.2 Å². The van der Waals surface area contributed by atoms with Crippen LogP contribution in [0.5, 0.6) is 0 Å². The van der Waals surface area contributed by atoms with Gasteiger partial charge in [-0.1, -0.05) is 43.8 Å². The highest BCUT2D eigenvalue weighted by Gasteiger charge is 2.52. The molecule has 0 N–H and O–H groups in total. The Bertz CT molecular complexity index is 835. The van der Waals surface area contributed by atoms with Crippen LogP contribution < -0.4 is 0 Å². The molecular formula is C28H39BO2. The van der Waals surface area contributed by atoms with E-state index in [9.17, 15) is 0 Å². The fourth-order valence-electron chi connectivity index (χ4n) is 7.28. The van der Waals surface area contributed by atoms with E-state index in [1.807, 2.05) is 6.08 Å². The first-order chi connectivity index (χ1) is 14.7. The van der Waals surface area contributed by atoms with Gasteiger partial charge in [0.15, 0.2) is 0 Å². The minimum Gasteiger partial charge on any atom is -0.399 e. The van der Waals surface area contributed by atoms with E-state index in [-0.39, 0.29) is 18.3 Å². The third-order valence-corrected chi connectivity index (χ3v) is 9.30. The minimum atomic E-state index is -0.360. The van der Waals surface area contributed by atoms with Gasteiger partial charge in [-0.25, -0.2) is 0 Å². The van der Waals surface area contributed by atoms with E-state index in [4.69, 9.17) is 9.31 Å². The van der Waals surface area contributed by atoms with E-state index in [1.54, 1.807) is 5.56 Å². The first-order valence-corrected chi connectivity index (χ1v) is 12.5. The van der Waals surface area contributed by atoms with Crippen molar-refractivity contribution in [1.29, 1.82) is 0 Å². The van der Waals surface area contributed by atoms with Crippen molar-refractivity contribution >= 4 is 12.7 Å². The Morgan fingerprint density at radius 3 is 1.90 bits per heavy atom. The number of benzene rings is 1. The highest BCUT2D eigenvalue weighted by molar-refractivity contribution is 6.57. The molecule has 0 spiro atoms. The van der Waals surface area contributed by atoms with Crippen LogP contribution in [0.1, 0.15) is 90.2 Å². The van der Waals surface area contributed by atoms with Crippen molar-refractivity contribution in [3.63, 3.8) is 0 Å². The van der Waals surface area contributed by atoms with Gasteiger partial charge in [0, 0.05) is 0 Å². The van der Waals surface area contributed by atoms with Crippen molar-refractivity contribution in [3.8, 4) is 0 Å². The quantitative estimate of drug-likeness (QED) is 0.372. The van der Waals surface area contributed by atoms with Crippen molar-refractivity contribution in [3.05, 3.63) is 53.5 Å². The van der Waals surface area contributed by atoms with Crippen LogP contribution in [0.4, 0.5) is 0 Å². The Kier molecular flexibility index (Phi) is 5.30. The lowest BCUT2D eigenvalue weighted by Gasteiger charge is -2.54. The minimum absolute atomic E-state index is 0.339. The predicted molar refractivity (Wildman–Crippen MR) is 130 cm³/mol. The number of rotatable bonds is 5. The van der Waals surface area contributed by atoms with E-state index in [1.165, 1.54) is 43.2 Å². The lowest BCUT2D eigenvalue weighted by molar-refractivity contribution is -0.00277. The van der Waals surface area contributed by atoms with E-state index >= 15 is 0 Å². The Hall–Kier alpha value is -1.32. The fourth-order valence-corrected chi connectivity index (χ4v) is 7.28. The first-order valence-electron chi connectivity index (χ1n) is 12.5. The van der Waals surface area contributed by atoms with Gasteiger partial charge < -0.3 is 9.31 Å². The maximum absolute atomic E-state index is 6.35. The predicted octanol–water partition coefficient (Wildman–Crippen LogP) is 7.21. The third-order valence-electron chi connectivity index (χ3n) is 9.30. The largest absolute Gasteiger partial charge is 0.495 e. The smallest absolute Gasteiger partial charge is 0.399 e. The zero-order valence-electron chi connectivity index (χ0n) is 20.1. The van der Waals surface area contributed by atoms with E-state index in [0.717, 1.165) is 41.5 Å². The summed E-state index contributed by atoms with van der Waals surface area (Å²) in [7, 11) is -0.360. The van der Waals surface area contributed by atoms with E-state index in [2.05, 4.69) is 65.5 Å². The van der Waals surface area contributed by atoms with Gasteiger partial charge in [-0.2, -0.15) is 0 Å². The summed E-state index contributed by atoms with van der Waals surface area (Å²) in [5.41, 5.74) is 4.53. The van der Waals surface area contributed by atoms with Crippen LogP contribution in [0, 0.1) is 23.7 Å². The van der Waals surface area contributed by atoms with Gasteiger partial charge in [0.2, 0.25) is 0 Å².